The lowest BCUT2D eigenvalue weighted by Crippen LogP contribution is -2.32. The van der Waals surface area contributed by atoms with E-state index >= 15 is 0 Å². The van der Waals surface area contributed by atoms with Gasteiger partial charge < -0.3 is 10.1 Å². The molecular weight excluding hydrogens is 408 g/mol. The van der Waals surface area contributed by atoms with Crippen LogP contribution in [0.4, 0.5) is 5.69 Å². The number of carbonyl (C=O) groups excluding carboxylic acids is 2. The number of rotatable bonds is 6. The molecule has 2 heterocycles. The summed E-state index contributed by atoms with van der Waals surface area (Å²) in [6.07, 6.45) is 0. The van der Waals surface area contributed by atoms with Crippen molar-refractivity contribution in [2.45, 2.75) is 6.54 Å². The van der Waals surface area contributed by atoms with Gasteiger partial charge in [-0.25, -0.2) is 0 Å². The molecule has 3 aromatic rings. The molecular formula is C22H17ClN2O3S. The number of thiophene rings is 1. The zero-order chi connectivity index (χ0) is 20.4. The van der Waals surface area contributed by atoms with Crippen molar-refractivity contribution in [3.05, 3.63) is 87.2 Å². The molecule has 0 radical (unpaired) electrons. The Labute approximate surface area is 177 Å². The molecule has 0 unspecified atom stereocenters. The summed E-state index contributed by atoms with van der Waals surface area (Å²) in [5.41, 5.74) is 1.90. The van der Waals surface area contributed by atoms with Crippen LogP contribution in [-0.4, -0.2) is 23.8 Å². The molecule has 2 aromatic carbocycles. The topological polar surface area (TPSA) is 58.6 Å². The van der Waals surface area contributed by atoms with E-state index in [2.05, 4.69) is 5.32 Å². The minimum Gasteiger partial charge on any atom is -0.495 e. The predicted octanol–water partition coefficient (Wildman–Crippen LogP) is 4.80. The zero-order valence-corrected chi connectivity index (χ0v) is 17.1. The second-order valence-electron chi connectivity index (χ2n) is 6.34. The van der Waals surface area contributed by atoms with E-state index in [1.54, 1.807) is 31.4 Å². The molecule has 0 saturated carbocycles. The van der Waals surface area contributed by atoms with Crippen LogP contribution in [0.15, 0.2) is 71.7 Å². The lowest BCUT2D eigenvalue weighted by atomic mass is 10.1. The van der Waals surface area contributed by atoms with Crippen molar-refractivity contribution in [2.75, 3.05) is 12.4 Å². The molecule has 1 aliphatic rings. The number of amides is 2. The van der Waals surface area contributed by atoms with E-state index in [0.717, 1.165) is 4.88 Å². The number of nitrogens with one attached hydrogen (secondary N) is 1. The summed E-state index contributed by atoms with van der Waals surface area (Å²) < 4.78 is 5.37. The van der Waals surface area contributed by atoms with E-state index in [9.17, 15) is 9.59 Å². The molecule has 1 N–H and O–H groups in total. The highest BCUT2D eigenvalue weighted by Gasteiger charge is 2.40. The summed E-state index contributed by atoms with van der Waals surface area (Å²) >= 11 is 7.65. The normalized spacial score (nSPS) is 13.9. The van der Waals surface area contributed by atoms with Gasteiger partial charge in [0.2, 0.25) is 0 Å². The molecule has 1 aliphatic heterocycles. The van der Waals surface area contributed by atoms with Gasteiger partial charge in [0.05, 0.1) is 24.9 Å². The Hall–Kier alpha value is -3.09. The molecule has 0 spiro atoms. The van der Waals surface area contributed by atoms with Gasteiger partial charge in [-0.2, -0.15) is 0 Å². The van der Waals surface area contributed by atoms with Crippen LogP contribution < -0.4 is 10.1 Å². The van der Waals surface area contributed by atoms with Crippen LogP contribution in [0.25, 0.3) is 5.57 Å². The zero-order valence-electron chi connectivity index (χ0n) is 15.5. The van der Waals surface area contributed by atoms with Crippen LogP contribution in [0.1, 0.15) is 10.4 Å². The predicted molar refractivity (Wildman–Crippen MR) is 115 cm³/mol. The quantitative estimate of drug-likeness (QED) is 0.577. The lowest BCUT2D eigenvalue weighted by Gasteiger charge is -2.16. The fourth-order valence-corrected chi connectivity index (χ4v) is 4.13. The fourth-order valence-electron chi connectivity index (χ4n) is 3.16. The molecule has 29 heavy (non-hydrogen) atoms. The van der Waals surface area contributed by atoms with Gasteiger partial charge >= 0.3 is 0 Å². The van der Waals surface area contributed by atoms with Crippen LogP contribution in [0.3, 0.4) is 0 Å². The standard InChI is InChI=1S/C22H17ClN2O3S/c1-28-17-10-5-4-9-16(17)24-20-19(18-11-6-12-29-18)21(26)25(22(20)27)13-14-7-2-3-8-15(14)23/h2-12,24H,13H2,1H3. The first-order valence-electron chi connectivity index (χ1n) is 8.88. The Balaban J connectivity index is 1.74. The van der Waals surface area contributed by atoms with Crippen LogP contribution >= 0.6 is 22.9 Å². The van der Waals surface area contributed by atoms with Crippen molar-refractivity contribution in [2.24, 2.45) is 0 Å². The van der Waals surface area contributed by atoms with Crippen molar-refractivity contribution in [3.63, 3.8) is 0 Å². The average molecular weight is 425 g/mol. The van der Waals surface area contributed by atoms with Crippen LogP contribution in [0.2, 0.25) is 5.02 Å². The number of nitrogens with zero attached hydrogens (tertiary/aromatic N) is 1. The largest absolute Gasteiger partial charge is 0.495 e. The number of imide groups is 1. The van der Waals surface area contributed by atoms with E-state index in [4.69, 9.17) is 16.3 Å². The third-order valence-corrected chi connectivity index (χ3v) is 5.84. The van der Waals surface area contributed by atoms with Crippen molar-refractivity contribution in [3.8, 4) is 5.75 Å². The number of ether oxygens (including phenoxy) is 1. The van der Waals surface area contributed by atoms with Crippen LogP contribution in [0, 0.1) is 0 Å². The minimum absolute atomic E-state index is 0.101. The monoisotopic (exact) mass is 424 g/mol. The number of halogens is 1. The Kier molecular flexibility index (Phi) is 5.38. The van der Waals surface area contributed by atoms with Gasteiger partial charge in [0.1, 0.15) is 11.4 Å². The van der Waals surface area contributed by atoms with E-state index in [-0.39, 0.29) is 18.1 Å². The Morgan fingerprint density at radius 3 is 2.48 bits per heavy atom. The number of carbonyl (C=O) groups is 2. The second kappa shape index (κ2) is 8.11. The fraction of sp³-hybridized carbons (Fsp3) is 0.0909. The van der Waals surface area contributed by atoms with Crippen molar-refractivity contribution in [1.29, 1.82) is 0 Å². The Morgan fingerprint density at radius 1 is 1.00 bits per heavy atom. The van der Waals surface area contributed by atoms with Crippen LogP contribution in [-0.2, 0) is 16.1 Å². The molecule has 1 aromatic heterocycles. The Morgan fingerprint density at radius 2 is 1.76 bits per heavy atom. The molecule has 4 rings (SSSR count). The molecule has 0 fully saturated rings. The third-order valence-electron chi connectivity index (χ3n) is 4.59. The first-order valence-corrected chi connectivity index (χ1v) is 10.1. The molecule has 7 heteroatoms. The molecule has 0 atom stereocenters. The van der Waals surface area contributed by atoms with Crippen molar-refractivity contribution < 1.29 is 14.3 Å². The number of anilines is 1. The van der Waals surface area contributed by atoms with Gasteiger partial charge in [0.15, 0.2) is 0 Å². The van der Waals surface area contributed by atoms with Gasteiger partial charge in [-0.3, -0.25) is 14.5 Å². The lowest BCUT2D eigenvalue weighted by molar-refractivity contribution is -0.137. The van der Waals surface area contributed by atoms with E-state index in [1.807, 2.05) is 41.8 Å². The molecule has 146 valence electrons. The summed E-state index contributed by atoms with van der Waals surface area (Å²) in [6.45, 7) is 0.101. The number of benzene rings is 2. The maximum Gasteiger partial charge on any atom is 0.278 e. The van der Waals surface area contributed by atoms with Gasteiger partial charge in [-0.05, 0) is 35.2 Å². The van der Waals surface area contributed by atoms with Crippen molar-refractivity contribution >= 4 is 46.0 Å². The summed E-state index contributed by atoms with van der Waals surface area (Å²) in [4.78, 5) is 28.4. The molecule has 0 saturated heterocycles. The summed E-state index contributed by atoms with van der Waals surface area (Å²) in [5.74, 6) is -0.172. The van der Waals surface area contributed by atoms with Gasteiger partial charge in [-0.1, -0.05) is 48.0 Å². The number of hydrogen-bond donors (Lipinski definition) is 1. The number of methoxy groups -OCH3 is 1. The molecule has 0 bridgehead atoms. The van der Waals surface area contributed by atoms with Gasteiger partial charge in [-0.15, -0.1) is 11.3 Å². The highest BCUT2D eigenvalue weighted by atomic mass is 35.5. The van der Waals surface area contributed by atoms with Gasteiger partial charge in [0, 0.05) is 9.90 Å². The smallest absolute Gasteiger partial charge is 0.278 e. The van der Waals surface area contributed by atoms with E-state index in [1.165, 1.54) is 16.2 Å². The second-order valence-corrected chi connectivity index (χ2v) is 7.70. The van der Waals surface area contributed by atoms with E-state index < -0.39 is 5.91 Å². The maximum absolute atomic E-state index is 13.2. The highest BCUT2D eigenvalue weighted by molar-refractivity contribution is 7.11. The highest BCUT2D eigenvalue weighted by Crippen LogP contribution is 2.35. The number of hydrogen-bond acceptors (Lipinski definition) is 5. The molecule has 0 aliphatic carbocycles. The summed E-state index contributed by atoms with van der Waals surface area (Å²) in [7, 11) is 1.56. The SMILES string of the molecule is COc1ccccc1NC1=C(c2cccs2)C(=O)N(Cc2ccccc2Cl)C1=O. The Bertz CT molecular complexity index is 1110. The number of para-hydroxylation sites is 2. The van der Waals surface area contributed by atoms with E-state index in [0.29, 0.717) is 27.6 Å². The minimum atomic E-state index is -0.399. The molecule has 2 amide bonds. The van der Waals surface area contributed by atoms with Crippen LogP contribution in [0.5, 0.6) is 5.75 Å². The van der Waals surface area contributed by atoms with Gasteiger partial charge in [0.25, 0.3) is 11.8 Å². The first-order chi connectivity index (χ1) is 14.1. The average Bonchev–Trinajstić information content (AvgIpc) is 3.33. The third kappa shape index (κ3) is 3.64. The summed E-state index contributed by atoms with van der Waals surface area (Å²) in [6, 6.07) is 18.1. The maximum atomic E-state index is 13.2. The summed E-state index contributed by atoms with van der Waals surface area (Å²) in [5, 5.41) is 5.51. The first kappa shape index (κ1) is 19.2. The van der Waals surface area contributed by atoms with Crippen molar-refractivity contribution in [1.82, 2.24) is 4.90 Å². The molecule has 5 nitrogen and oxygen atoms in total.